The predicted octanol–water partition coefficient (Wildman–Crippen LogP) is 7.96. The van der Waals surface area contributed by atoms with Crippen LogP contribution in [-0.4, -0.2) is 12.4 Å². The molecule has 0 radical (unpaired) electrons. The van der Waals surface area contributed by atoms with E-state index in [9.17, 15) is 0 Å². The molecule has 1 fully saturated rings. The quantitative estimate of drug-likeness (QED) is 0.363. The summed E-state index contributed by atoms with van der Waals surface area (Å²) in [6.07, 6.45) is 7.61. The fraction of sp³-hybridized carbons (Fsp3) is 0.769. The van der Waals surface area contributed by atoms with E-state index in [-0.39, 0.29) is 11.7 Å². The largest absolute Gasteiger partial charge is 0.464 e. The summed E-state index contributed by atoms with van der Waals surface area (Å²) in [6.45, 7) is 18.2. The first-order valence-electron chi connectivity index (χ1n) is 11.4. The van der Waals surface area contributed by atoms with Crippen molar-refractivity contribution in [2.24, 2.45) is 16.7 Å². The van der Waals surface area contributed by atoms with E-state index in [0.29, 0.717) is 23.4 Å². The van der Waals surface area contributed by atoms with Crippen molar-refractivity contribution in [3.8, 4) is 5.75 Å². The Morgan fingerprint density at radius 1 is 0.929 bits per heavy atom. The molecule has 0 amide bonds. The Morgan fingerprint density at radius 2 is 1.54 bits per heavy atom. The van der Waals surface area contributed by atoms with Gasteiger partial charge in [-0.15, -0.1) is 0 Å². The van der Waals surface area contributed by atoms with Crippen molar-refractivity contribution in [2.45, 2.75) is 112 Å². The van der Waals surface area contributed by atoms with Gasteiger partial charge >= 0.3 is 0 Å². The molecule has 0 heterocycles. The molecule has 0 aliphatic heterocycles. The van der Waals surface area contributed by atoms with Crippen molar-refractivity contribution in [3.05, 3.63) is 29.8 Å². The molecule has 2 heteroatoms. The van der Waals surface area contributed by atoms with Gasteiger partial charge in [-0.1, -0.05) is 86.8 Å². The van der Waals surface area contributed by atoms with Gasteiger partial charge in [0.25, 0.3) is 0 Å². The van der Waals surface area contributed by atoms with Crippen LogP contribution in [0.2, 0.25) is 0 Å². The van der Waals surface area contributed by atoms with Crippen molar-refractivity contribution >= 4 is 0 Å². The fourth-order valence-electron chi connectivity index (χ4n) is 4.26. The highest BCUT2D eigenvalue weighted by Gasteiger charge is 2.32. The van der Waals surface area contributed by atoms with Gasteiger partial charge in [-0.05, 0) is 54.2 Å². The molecule has 28 heavy (non-hydrogen) atoms. The molecule has 0 bridgehead atoms. The standard InChI is InChI=1S/C26H44O2/c1-19-12-10-9-11-13-23(19)28-24(26(6,7)8)27-22-16-14-21(15-17-22)20(2)18-25(3,4)5/h14-17,19-20,23-24H,9-13,18H2,1-8H3. The average Bonchev–Trinajstić information content (AvgIpc) is 2.77. The molecule has 1 aromatic rings. The first-order valence-corrected chi connectivity index (χ1v) is 11.4. The van der Waals surface area contributed by atoms with Crippen LogP contribution in [0.3, 0.4) is 0 Å². The number of rotatable bonds is 6. The maximum atomic E-state index is 6.57. The molecule has 2 nitrogen and oxygen atoms in total. The van der Waals surface area contributed by atoms with Gasteiger partial charge in [-0.3, -0.25) is 0 Å². The highest BCUT2D eigenvalue weighted by atomic mass is 16.7. The SMILES string of the molecule is CC(CC(C)(C)C)c1ccc(OC(OC2CCCCCC2C)C(C)(C)C)cc1. The molecule has 0 spiro atoms. The van der Waals surface area contributed by atoms with Crippen LogP contribution in [0.5, 0.6) is 5.75 Å². The average molecular weight is 389 g/mol. The Bertz CT molecular complexity index is 576. The Labute approximate surface area is 174 Å². The molecular formula is C26H44O2. The lowest BCUT2D eigenvalue weighted by Crippen LogP contribution is -2.39. The second-order valence-corrected chi connectivity index (χ2v) is 11.3. The lowest BCUT2D eigenvalue weighted by atomic mass is 9.82. The van der Waals surface area contributed by atoms with E-state index in [1.54, 1.807) is 0 Å². The highest BCUT2D eigenvalue weighted by Crippen LogP contribution is 2.34. The summed E-state index contributed by atoms with van der Waals surface area (Å²) in [5.74, 6) is 2.07. The first kappa shape index (κ1) is 23.3. The summed E-state index contributed by atoms with van der Waals surface area (Å²) < 4.78 is 13.0. The van der Waals surface area contributed by atoms with Crippen molar-refractivity contribution < 1.29 is 9.47 Å². The minimum atomic E-state index is -0.226. The van der Waals surface area contributed by atoms with Gasteiger partial charge in [0.15, 0.2) is 0 Å². The maximum absolute atomic E-state index is 6.57. The van der Waals surface area contributed by atoms with Gasteiger partial charge in [0.2, 0.25) is 6.29 Å². The summed E-state index contributed by atoms with van der Waals surface area (Å²) >= 11 is 0. The molecule has 0 saturated heterocycles. The minimum absolute atomic E-state index is 0.0653. The van der Waals surface area contributed by atoms with E-state index < -0.39 is 0 Å². The predicted molar refractivity (Wildman–Crippen MR) is 120 cm³/mol. The van der Waals surface area contributed by atoms with Crippen molar-refractivity contribution in [1.82, 2.24) is 0 Å². The summed E-state index contributed by atoms with van der Waals surface area (Å²) in [6, 6.07) is 8.68. The van der Waals surface area contributed by atoms with Crippen LogP contribution in [-0.2, 0) is 4.74 Å². The lowest BCUT2D eigenvalue weighted by molar-refractivity contribution is -0.183. The molecular weight excluding hydrogens is 344 g/mol. The zero-order valence-electron chi connectivity index (χ0n) is 19.7. The first-order chi connectivity index (χ1) is 13.0. The topological polar surface area (TPSA) is 18.5 Å². The Kier molecular flexibility index (Phi) is 8.02. The molecule has 1 aliphatic carbocycles. The summed E-state index contributed by atoms with van der Waals surface area (Å²) in [4.78, 5) is 0. The molecule has 0 aromatic heterocycles. The van der Waals surface area contributed by atoms with E-state index in [1.165, 1.54) is 37.7 Å². The Hall–Kier alpha value is -1.02. The second kappa shape index (κ2) is 9.65. The number of ether oxygens (including phenoxy) is 2. The normalized spacial score (nSPS) is 23.7. The zero-order chi connectivity index (χ0) is 20.9. The van der Waals surface area contributed by atoms with Gasteiger partial charge in [0, 0.05) is 5.41 Å². The molecule has 1 saturated carbocycles. The molecule has 2 rings (SSSR count). The third-order valence-corrected chi connectivity index (χ3v) is 5.90. The third-order valence-electron chi connectivity index (χ3n) is 5.90. The molecule has 4 unspecified atom stereocenters. The summed E-state index contributed by atoms with van der Waals surface area (Å²) in [5.41, 5.74) is 1.66. The van der Waals surface area contributed by atoms with Crippen LogP contribution in [0, 0.1) is 16.7 Å². The van der Waals surface area contributed by atoms with Crippen LogP contribution in [0.1, 0.15) is 105 Å². The van der Waals surface area contributed by atoms with E-state index in [0.717, 1.165) is 12.2 Å². The number of hydrogen-bond donors (Lipinski definition) is 0. The van der Waals surface area contributed by atoms with Gasteiger partial charge in [-0.2, -0.15) is 0 Å². The van der Waals surface area contributed by atoms with Gasteiger partial charge < -0.3 is 9.47 Å². The van der Waals surface area contributed by atoms with E-state index in [2.05, 4.69) is 79.7 Å². The summed E-state index contributed by atoms with van der Waals surface area (Å²) in [7, 11) is 0. The van der Waals surface area contributed by atoms with Crippen LogP contribution in [0.4, 0.5) is 0 Å². The van der Waals surface area contributed by atoms with Crippen molar-refractivity contribution in [2.75, 3.05) is 0 Å². The second-order valence-electron chi connectivity index (χ2n) is 11.3. The smallest absolute Gasteiger partial charge is 0.204 e. The summed E-state index contributed by atoms with van der Waals surface area (Å²) in [5, 5.41) is 0. The van der Waals surface area contributed by atoms with E-state index in [4.69, 9.17) is 9.47 Å². The molecule has 1 aromatic carbocycles. The van der Waals surface area contributed by atoms with Gasteiger partial charge in [0.05, 0.1) is 6.10 Å². The maximum Gasteiger partial charge on any atom is 0.204 e. The van der Waals surface area contributed by atoms with Crippen LogP contribution >= 0.6 is 0 Å². The minimum Gasteiger partial charge on any atom is -0.464 e. The molecule has 1 aliphatic rings. The van der Waals surface area contributed by atoms with Crippen LogP contribution in [0.15, 0.2) is 24.3 Å². The van der Waals surface area contributed by atoms with Crippen LogP contribution < -0.4 is 4.74 Å². The van der Waals surface area contributed by atoms with Crippen LogP contribution in [0.25, 0.3) is 0 Å². The van der Waals surface area contributed by atoms with E-state index in [1.807, 2.05) is 0 Å². The van der Waals surface area contributed by atoms with Crippen molar-refractivity contribution in [3.63, 3.8) is 0 Å². The Balaban J connectivity index is 2.06. The fourth-order valence-corrected chi connectivity index (χ4v) is 4.26. The molecule has 160 valence electrons. The Morgan fingerprint density at radius 3 is 2.11 bits per heavy atom. The number of hydrogen-bond acceptors (Lipinski definition) is 2. The lowest BCUT2D eigenvalue weighted by Gasteiger charge is -2.35. The van der Waals surface area contributed by atoms with E-state index >= 15 is 0 Å². The zero-order valence-corrected chi connectivity index (χ0v) is 19.7. The number of benzene rings is 1. The molecule has 0 N–H and O–H groups in total. The van der Waals surface area contributed by atoms with Crippen molar-refractivity contribution in [1.29, 1.82) is 0 Å². The molecule has 4 atom stereocenters. The third kappa shape index (κ3) is 7.43. The highest BCUT2D eigenvalue weighted by molar-refractivity contribution is 5.29. The van der Waals surface area contributed by atoms with Gasteiger partial charge in [0.1, 0.15) is 5.75 Å². The monoisotopic (exact) mass is 388 g/mol. The van der Waals surface area contributed by atoms with Gasteiger partial charge in [-0.25, -0.2) is 0 Å².